The predicted molar refractivity (Wildman–Crippen MR) is 217 cm³/mol. The van der Waals surface area contributed by atoms with Gasteiger partial charge >= 0.3 is 0 Å². The fourth-order valence-electron chi connectivity index (χ4n) is 5.79. The lowest BCUT2D eigenvalue weighted by atomic mass is 10.0. The minimum atomic E-state index is -3.92. The molecular formula is C40H41BrN8O6S. The maximum absolute atomic E-state index is 13.4. The zero-order valence-corrected chi connectivity index (χ0v) is 34.0. The van der Waals surface area contributed by atoms with Crippen molar-refractivity contribution < 1.29 is 27.7 Å². The first-order valence-corrected chi connectivity index (χ1v) is 19.5. The standard InChI is InChI=1S/C40H41BrN8O6S/c1-25-44-39(47-40(45-25)49(23-26-7-13-31(53-4)14-8-26)24-27-9-15-32(54-5)16-10-27)34-19-28(21-43-38(34)46-30-12-18-36(55-6)42-22-30)37(50)33-20-29(41)11-17-35(33)56(51,52)48(2)3/h7-22,37,50H,23-24H2,1-6H3,(H,43,46). The molecule has 16 heteroatoms. The molecule has 6 rings (SSSR count). The number of rotatable bonds is 15. The molecule has 14 nitrogen and oxygen atoms in total. The molecule has 3 aromatic heterocycles. The first-order valence-electron chi connectivity index (χ1n) is 17.3. The van der Waals surface area contributed by atoms with Crippen LogP contribution < -0.4 is 24.4 Å². The summed E-state index contributed by atoms with van der Waals surface area (Å²) in [6.07, 6.45) is 1.68. The molecule has 290 valence electrons. The molecule has 2 N–H and O–H groups in total. The summed E-state index contributed by atoms with van der Waals surface area (Å²) in [7, 11) is 3.74. The highest BCUT2D eigenvalue weighted by Crippen LogP contribution is 2.36. The Balaban J connectivity index is 1.48. The van der Waals surface area contributed by atoms with E-state index in [1.807, 2.05) is 53.4 Å². The van der Waals surface area contributed by atoms with Crippen LogP contribution in [0, 0.1) is 6.92 Å². The van der Waals surface area contributed by atoms with Crippen molar-refractivity contribution >= 4 is 43.4 Å². The van der Waals surface area contributed by atoms with Crippen molar-refractivity contribution in [2.45, 2.75) is 31.0 Å². The van der Waals surface area contributed by atoms with E-state index in [9.17, 15) is 13.5 Å². The second-order valence-corrected chi connectivity index (χ2v) is 15.8. The van der Waals surface area contributed by atoms with Crippen LogP contribution in [-0.4, -0.2) is 78.2 Å². The summed E-state index contributed by atoms with van der Waals surface area (Å²) < 4.78 is 44.4. The zero-order chi connectivity index (χ0) is 40.0. The number of aliphatic hydroxyl groups excluding tert-OH is 1. The molecule has 0 spiro atoms. The topological polar surface area (TPSA) is 165 Å². The van der Waals surface area contributed by atoms with E-state index in [4.69, 9.17) is 34.1 Å². The molecule has 1 unspecified atom stereocenters. The first-order chi connectivity index (χ1) is 26.9. The van der Waals surface area contributed by atoms with Crippen LogP contribution in [0.25, 0.3) is 11.4 Å². The number of ether oxygens (including phenoxy) is 3. The van der Waals surface area contributed by atoms with Gasteiger partial charge in [0.05, 0.1) is 43.7 Å². The highest BCUT2D eigenvalue weighted by molar-refractivity contribution is 9.10. The van der Waals surface area contributed by atoms with E-state index in [2.05, 4.69) is 26.2 Å². The quantitative estimate of drug-likeness (QED) is 0.112. The molecule has 0 radical (unpaired) electrons. The van der Waals surface area contributed by atoms with E-state index >= 15 is 0 Å². The van der Waals surface area contributed by atoms with Gasteiger partial charge in [0.15, 0.2) is 5.82 Å². The largest absolute Gasteiger partial charge is 0.497 e. The fourth-order valence-corrected chi connectivity index (χ4v) is 7.27. The van der Waals surface area contributed by atoms with E-state index in [0.29, 0.717) is 57.8 Å². The van der Waals surface area contributed by atoms with Crippen LogP contribution in [0.4, 0.5) is 17.5 Å². The molecule has 0 bridgehead atoms. The summed E-state index contributed by atoms with van der Waals surface area (Å²) in [4.78, 5) is 25.6. The number of aromatic nitrogens is 5. The van der Waals surface area contributed by atoms with Gasteiger partial charge in [-0.15, -0.1) is 0 Å². The van der Waals surface area contributed by atoms with E-state index < -0.39 is 16.1 Å². The number of pyridine rings is 2. The maximum Gasteiger partial charge on any atom is 0.242 e. The number of hydrogen-bond acceptors (Lipinski definition) is 13. The summed E-state index contributed by atoms with van der Waals surface area (Å²) in [5, 5.41) is 15.2. The van der Waals surface area contributed by atoms with Crippen LogP contribution >= 0.6 is 15.9 Å². The lowest BCUT2D eigenvalue weighted by Gasteiger charge is -2.24. The van der Waals surface area contributed by atoms with Crippen LogP contribution in [0.5, 0.6) is 17.4 Å². The van der Waals surface area contributed by atoms with E-state index in [1.165, 1.54) is 33.5 Å². The number of aliphatic hydroxyl groups is 1. The van der Waals surface area contributed by atoms with Crippen molar-refractivity contribution in [3.05, 3.63) is 130 Å². The lowest BCUT2D eigenvalue weighted by Crippen LogP contribution is -2.25. The predicted octanol–water partition coefficient (Wildman–Crippen LogP) is 6.71. The third-order valence-electron chi connectivity index (χ3n) is 8.78. The third-order valence-corrected chi connectivity index (χ3v) is 11.2. The Morgan fingerprint density at radius 2 is 1.43 bits per heavy atom. The molecule has 0 aliphatic carbocycles. The minimum Gasteiger partial charge on any atom is -0.497 e. The molecule has 56 heavy (non-hydrogen) atoms. The third kappa shape index (κ3) is 9.22. The number of nitrogens with zero attached hydrogens (tertiary/aromatic N) is 7. The highest BCUT2D eigenvalue weighted by atomic mass is 79.9. The molecule has 0 saturated heterocycles. The number of halogens is 1. The number of aryl methyl sites for hydroxylation is 1. The summed E-state index contributed by atoms with van der Waals surface area (Å²) in [5.41, 5.74) is 3.49. The molecule has 0 amide bonds. The summed E-state index contributed by atoms with van der Waals surface area (Å²) in [6, 6.07) is 25.4. The monoisotopic (exact) mass is 840 g/mol. The second kappa shape index (κ2) is 17.4. The SMILES string of the molecule is COc1ccc(CN(Cc2ccc(OC)cc2)c2nc(C)nc(-c3cc(C(O)c4cc(Br)ccc4S(=O)(=O)N(C)C)cnc3Nc3ccc(OC)nc3)n2)cc1. The van der Waals surface area contributed by atoms with Gasteiger partial charge in [0, 0.05) is 55.0 Å². The van der Waals surface area contributed by atoms with Crippen LogP contribution in [-0.2, 0) is 23.1 Å². The van der Waals surface area contributed by atoms with Gasteiger partial charge in [-0.05, 0) is 72.6 Å². The lowest BCUT2D eigenvalue weighted by molar-refractivity contribution is 0.216. The van der Waals surface area contributed by atoms with E-state index in [1.54, 1.807) is 57.7 Å². The van der Waals surface area contributed by atoms with Gasteiger partial charge in [-0.1, -0.05) is 40.2 Å². The fraction of sp³-hybridized carbons (Fsp3) is 0.225. The second-order valence-electron chi connectivity index (χ2n) is 12.8. The van der Waals surface area contributed by atoms with Gasteiger partial charge < -0.3 is 29.5 Å². The van der Waals surface area contributed by atoms with Gasteiger partial charge in [-0.2, -0.15) is 9.97 Å². The number of sulfonamides is 1. The Morgan fingerprint density at radius 1 is 0.786 bits per heavy atom. The van der Waals surface area contributed by atoms with Crippen LogP contribution in [0.3, 0.4) is 0 Å². The maximum atomic E-state index is 13.4. The Bertz CT molecular complexity index is 2350. The van der Waals surface area contributed by atoms with E-state index in [0.717, 1.165) is 26.9 Å². The Morgan fingerprint density at radius 3 is 1.98 bits per heavy atom. The molecule has 3 heterocycles. The number of methoxy groups -OCH3 is 3. The average Bonchev–Trinajstić information content (AvgIpc) is 3.20. The minimum absolute atomic E-state index is 0.0442. The molecule has 1 atom stereocenters. The molecule has 3 aromatic carbocycles. The van der Waals surface area contributed by atoms with Crippen molar-refractivity contribution in [3.63, 3.8) is 0 Å². The van der Waals surface area contributed by atoms with Crippen LogP contribution in [0.1, 0.15) is 34.2 Å². The number of anilines is 3. The van der Waals surface area contributed by atoms with Crippen molar-refractivity contribution in [2.75, 3.05) is 45.6 Å². The van der Waals surface area contributed by atoms with Gasteiger partial charge in [-0.25, -0.2) is 27.7 Å². The summed E-state index contributed by atoms with van der Waals surface area (Å²) >= 11 is 3.44. The van der Waals surface area contributed by atoms with Crippen LogP contribution in [0.15, 0.2) is 107 Å². The van der Waals surface area contributed by atoms with Gasteiger partial charge in [-0.3, -0.25) is 0 Å². The molecule has 0 aliphatic heterocycles. The average molecular weight is 842 g/mol. The van der Waals surface area contributed by atoms with Crippen LogP contribution in [0.2, 0.25) is 0 Å². The van der Waals surface area contributed by atoms with Gasteiger partial charge in [0.25, 0.3) is 0 Å². The molecule has 6 aromatic rings. The normalized spacial score (nSPS) is 11.9. The van der Waals surface area contributed by atoms with Crippen molar-refractivity contribution in [2.24, 2.45) is 0 Å². The zero-order valence-electron chi connectivity index (χ0n) is 31.6. The summed E-state index contributed by atoms with van der Waals surface area (Å²) in [6.45, 7) is 2.68. The Hall–Kier alpha value is -5.68. The number of benzene rings is 3. The van der Waals surface area contributed by atoms with Crippen molar-refractivity contribution in [3.8, 4) is 28.8 Å². The molecular weight excluding hydrogens is 800 g/mol. The molecule has 0 saturated carbocycles. The smallest absolute Gasteiger partial charge is 0.242 e. The number of nitrogens with one attached hydrogen (secondary N) is 1. The van der Waals surface area contributed by atoms with Crippen molar-refractivity contribution in [1.29, 1.82) is 0 Å². The first kappa shape index (κ1) is 40.0. The van der Waals surface area contributed by atoms with Crippen molar-refractivity contribution in [1.82, 2.24) is 29.2 Å². The Labute approximate surface area is 334 Å². The Kier molecular flexibility index (Phi) is 12.4. The number of hydrogen-bond donors (Lipinski definition) is 2. The molecule has 0 aliphatic rings. The highest BCUT2D eigenvalue weighted by Gasteiger charge is 2.27. The summed E-state index contributed by atoms with van der Waals surface area (Å²) in [5.74, 6) is 3.38. The van der Waals surface area contributed by atoms with E-state index in [-0.39, 0.29) is 16.3 Å². The van der Waals surface area contributed by atoms with Gasteiger partial charge in [0.2, 0.25) is 21.9 Å². The van der Waals surface area contributed by atoms with Gasteiger partial charge in [0.1, 0.15) is 29.2 Å². The molecule has 0 fully saturated rings.